The quantitative estimate of drug-likeness (QED) is 0.909. The van der Waals surface area contributed by atoms with Crippen molar-refractivity contribution < 1.29 is 9.59 Å². The zero-order valence-corrected chi connectivity index (χ0v) is 15.6. The molecule has 1 N–H and O–H groups in total. The Morgan fingerprint density at radius 1 is 1.46 bits per heavy atom. The van der Waals surface area contributed by atoms with Crippen molar-refractivity contribution in [1.82, 2.24) is 9.80 Å². The molecule has 1 aromatic carbocycles. The molecular weight excluding hydrogens is 322 g/mol. The number of fused-ring (bicyclic) bond motifs is 1. The third-order valence-corrected chi connectivity index (χ3v) is 6.26. The highest BCUT2D eigenvalue weighted by atomic mass is 32.2. The van der Waals surface area contributed by atoms with Crippen molar-refractivity contribution in [2.24, 2.45) is 0 Å². The maximum atomic E-state index is 12.8. The van der Waals surface area contributed by atoms with E-state index in [-0.39, 0.29) is 22.7 Å². The van der Waals surface area contributed by atoms with Crippen LogP contribution < -0.4 is 5.32 Å². The molecule has 2 fully saturated rings. The van der Waals surface area contributed by atoms with Gasteiger partial charge in [-0.1, -0.05) is 17.7 Å². The number of aryl methyl sites for hydroxylation is 1. The number of carbonyl (C=O) groups is 2. The summed E-state index contributed by atoms with van der Waals surface area (Å²) >= 11 is 1.72. The van der Waals surface area contributed by atoms with Gasteiger partial charge in [-0.05, 0) is 46.0 Å². The molecule has 0 spiro atoms. The maximum Gasteiger partial charge on any atom is 0.248 e. The summed E-state index contributed by atoms with van der Waals surface area (Å²) in [4.78, 5) is 28.7. The molecule has 5 nitrogen and oxygen atoms in total. The fourth-order valence-electron chi connectivity index (χ4n) is 3.55. The van der Waals surface area contributed by atoms with Crippen LogP contribution in [-0.2, 0) is 16.1 Å². The second kappa shape index (κ2) is 6.41. The highest BCUT2D eigenvalue weighted by molar-refractivity contribution is 8.01. The number of amides is 2. The van der Waals surface area contributed by atoms with Gasteiger partial charge in [0.15, 0.2) is 0 Å². The number of anilines is 1. The Bertz CT molecular complexity index is 676. The second-order valence-corrected chi connectivity index (χ2v) is 8.65. The van der Waals surface area contributed by atoms with Gasteiger partial charge in [-0.25, -0.2) is 0 Å². The lowest BCUT2D eigenvalue weighted by atomic mass is 10.1. The van der Waals surface area contributed by atoms with E-state index in [9.17, 15) is 9.59 Å². The predicted octanol–water partition coefficient (Wildman–Crippen LogP) is 2.45. The monoisotopic (exact) mass is 347 g/mol. The van der Waals surface area contributed by atoms with Gasteiger partial charge in [-0.2, -0.15) is 0 Å². The first-order chi connectivity index (χ1) is 11.3. The Morgan fingerprint density at radius 3 is 2.92 bits per heavy atom. The smallest absolute Gasteiger partial charge is 0.248 e. The molecule has 0 aliphatic carbocycles. The van der Waals surface area contributed by atoms with Crippen molar-refractivity contribution in [3.63, 3.8) is 0 Å². The highest BCUT2D eigenvalue weighted by Gasteiger charge is 2.52. The zero-order chi connectivity index (χ0) is 17.5. The first-order valence-corrected chi connectivity index (χ1v) is 9.30. The summed E-state index contributed by atoms with van der Waals surface area (Å²) in [5.41, 5.74) is 3.10. The molecule has 24 heavy (non-hydrogen) atoms. The Balaban J connectivity index is 1.79. The first kappa shape index (κ1) is 17.3. The standard InChI is InChI=1S/C18H25N3O2S/c1-12-5-6-14(13(9-12)10-20(3)4)19-17(23)15-11-24-18(2)8-7-16(22)21(15)18/h5-6,9,15H,7-8,10-11H2,1-4H3,(H,19,23)/t15-,18+/m0/s1. The molecule has 2 atom stereocenters. The maximum absolute atomic E-state index is 12.8. The Morgan fingerprint density at radius 2 is 2.21 bits per heavy atom. The summed E-state index contributed by atoms with van der Waals surface area (Å²) < 4.78 is 0. The van der Waals surface area contributed by atoms with Gasteiger partial charge in [0.25, 0.3) is 0 Å². The molecular formula is C18H25N3O2S. The van der Waals surface area contributed by atoms with Crippen LogP contribution in [0.15, 0.2) is 18.2 Å². The minimum atomic E-state index is -0.372. The van der Waals surface area contributed by atoms with E-state index < -0.39 is 0 Å². The van der Waals surface area contributed by atoms with E-state index in [0.717, 1.165) is 24.2 Å². The van der Waals surface area contributed by atoms with Crippen molar-refractivity contribution in [3.8, 4) is 0 Å². The van der Waals surface area contributed by atoms with Gasteiger partial charge >= 0.3 is 0 Å². The van der Waals surface area contributed by atoms with Crippen molar-refractivity contribution >= 4 is 29.3 Å². The van der Waals surface area contributed by atoms with Crippen LogP contribution in [0.4, 0.5) is 5.69 Å². The van der Waals surface area contributed by atoms with Crippen LogP contribution in [0.2, 0.25) is 0 Å². The molecule has 1 aromatic rings. The molecule has 0 bridgehead atoms. The van der Waals surface area contributed by atoms with Crippen molar-refractivity contribution in [2.45, 2.75) is 44.1 Å². The summed E-state index contributed by atoms with van der Waals surface area (Å²) in [6, 6.07) is 5.69. The molecule has 2 aliphatic heterocycles. The summed E-state index contributed by atoms with van der Waals surface area (Å²) in [5.74, 6) is 0.688. The lowest BCUT2D eigenvalue weighted by Crippen LogP contribution is -2.48. The van der Waals surface area contributed by atoms with Crippen LogP contribution in [0.25, 0.3) is 0 Å². The number of nitrogens with one attached hydrogen (secondary N) is 1. The van der Waals surface area contributed by atoms with Crippen LogP contribution >= 0.6 is 11.8 Å². The normalized spacial score (nSPS) is 26.1. The van der Waals surface area contributed by atoms with E-state index in [1.807, 2.05) is 33.2 Å². The number of hydrogen-bond donors (Lipinski definition) is 1. The van der Waals surface area contributed by atoms with Crippen molar-refractivity contribution in [2.75, 3.05) is 25.2 Å². The lowest BCUT2D eigenvalue weighted by molar-refractivity contribution is -0.135. The van der Waals surface area contributed by atoms with Crippen LogP contribution in [0.3, 0.4) is 0 Å². The van der Waals surface area contributed by atoms with Crippen LogP contribution in [0, 0.1) is 6.92 Å². The molecule has 6 heteroatoms. The van der Waals surface area contributed by atoms with E-state index in [4.69, 9.17) is 0 Å². The van der Waals surface area contributed by atoms with Gasteiger partial charge in [0.1, 0.15) is 6.04 Å². The first-order valence-electron chi connectivity index (χ1n) is 8.31. The minimum absolute atomic E-state index is 0.0784. The Kier molecular flexibility index (Phi) is 4.62. The third kappa shape index (κ3) is 3.17. The molecule has 2 aliphatic rings. The van der Waals surface area contributed by atoms with Crippen LogP contribution in [0.5, 0.6) is 0 Å². The van der Waals surface area contributed by atoms with Gasteiger partial charge in [-0.15, -0.1) is 11.8 Å². The number of thioether (sulfide) groups is 1. The third-order valence-electron chi connectivity index (χ3n) is 4.75. The van der Waals surface area contributed by atoms with Gasteiger partial charge < -0.3 is 15.1 Å². The summed E-state index contributed by atoms with van der Waals surface area (Å²) in [5, 5.41) is 3.06. The average molecular weight is 347 g/mol. The van der Waals surface area contributed by atoms with Gasteiger partial charge in [-0.3, -0.25) is 9.59 Å². The van der Waals surface area contributed by atoms with E-state index >= 15 is 0 Å². The van der Waals surface area contributed by atoms with E-state index in [1.54, 1.807) is 16.7 Å². The van der Waals surface area contributed by atoms with E-state index in [2.05, 4.69) is 23.2 Å². The number of hydrogen-bond acceptors (Lipinski definition) is 4. The summed E-state index contributed by atoms with van der Waals surface area (Å²) in [6.45, 7) is 4.88. The number of benzene rings is 1. The SMILES string of the molecule is Cc1ccc(NC(=O)[C@@H]2CS[C@]3(C)CCC(=O)N23)c(CN(C)C)c1. The van der Waals surface area contributed by atoms with Gasteiger partial charge in [0, 0.05) is 24.4 Å². The molecule has 0 radical (unpaired) electrons. The topological polar surface area (TPSA) is 52.7 Å². The fourth-order valence-corrected chi connectivity index (χ4v) is 4.98. The molecule has 2 amide bonds. The molecule has 0 aromatic heterocycles. The summed E-state index contributed by atoms with van der Waals surface area (Å²) in [6.07, 6.45) is 1.38. The number of rotatable bonds is 4. The van der Waals surface area contributed by atoms with Gasteiger partial charge in [0.2, 0.25) is 11.8 Å². The van der Waals surface area contributed by atoms with Crippen LogP contribution in [-0.4, -0.2) is 52.4 Å². The fraction of sp³-hybridized carbons (Fsp3) is 0.556. The molecule has 0 saturated carbocycles. The van der Waals surface area contributed by atoms with Crippen LogP contribution in [0.1, 0.15) is 30.9 Å². The average Bonchev–Trinajstić information content (AvgIpc) is 2.98. The second-order valence-electron chi connectivity index (χ2n) is 7.15. The Labute approximate surface area is 147 Å². The largest absolute Gasteiger partial charge is 0.324 e. The Hall–Kier alpha value is -1.53. The van der Waals surface area contributed by atoms with Crippen molar-refractivity contribution in [1.29, 1.82) is 0 Å². The number of nitrogens with zero attached hydrogens (tertiary/aromatic N) is 2. The molecule has 0 unspecified atom stereocenters. The van der Waals surface area contributed by atoms with E-state index in [1.165, 1.54) is 5.56 Å². The molecule has 130 valence electrons. The van der Waals surface area contributed by atoms with Crippen molar-refractivity contribution in [3.05, 3.63) is 29.3 Å². The minimum Gasteiger partial charge on any atom is -0.324 e. The molecule has 2 saturated heterocycles. The lowest BCUT2D eigenvalue weighted by Gasteiger charge is -2.30. The number of carbonyl (C=O) groups excluding carboxylic acids is 2. The predicted molar refractivity (Wildman–Crippen MR) is 97.9 cm³/mol. The summed E-state index contributed by atoms with van der Waals surface area (Å²) in [7, 11) is 4.02. The molecule has 2 heterocycles. The molecule has 3 rings (SSSR count). The zero-order valence-electron chi connectivity index (χ0n) is 14.8. The highest BCUT2D eigenvalue weighted by Crippen LogP contribution is 2.47. The van der Waals surface area contributed by atoms with Gasteiger partial charge in [0.05, 0.1) is 4.87 Å². The van der Waals surface area contributed by atoms with E-state index in [0.29, 0.717) is 12.2 Å².